The number of amides is 1. The number of aryl methyl sites for hydroxylation is 1. The van der Waals surface area contributed by atoms with Gasteiger partial charge in [-0.1, -0.05) is 45.9 Å². The zero-order valence-electron chi connectivity index (χ0n) is 16.4. The molecule has 142 valence electrons. The molecule has 0 aliphatic rings. The summed E-state index contributed by atoms with van der Waals surface area (Å²) in [6, 6.07) is 7.88. The highest BCUT2D eigenvalue weighted by Gasteiger charge is 2.21. The molecule has 0 saturated carbocycles. The highest BCUT2D eigenvalue weighted by Crippen LogP contribution is 2.33. The van der Waals surface area contributed by atoms with Gasteiger partial charge < -0.3 is 5.32 Å². The van der Waals surface area contributed by atoms with E-state index in [1.165, 1.54) is 11.9 Å². The van der Waals surface area contributed by atoms with Gasteiger partial charge >= 0.3 is 0 Å². The fourth-order valence-corrected chi connectivity index (χ4v) is 3.72. The van der Waals surface area contributed by atoms with Gasteiger partial charge in [0.1, 0.15) is 11.4 Å². The third-order valence-electron chi connectivity index (χ3n) is 4.19. The number of hydrogen-bond donors (Lipinski definition) is 1. The van der Waals surface area contributed by atoms with Crippen LogP contribution in [0.25, 0.3) is 5.78 Å². The van der Waals surface area contributed by atoms with E-state index in [1.54, 1.807) is 16.3 Å². The van der Waals surface area contributed by atoms with Gasteiger partial charge in [0.15, 0.2) is 0 Å². The summed E-state index contributed by atoms with van der Waals surface area (Å²) in [5, 5.41) is 8.35. The first-order valence-corrected chi connectivity index (χ1v) is 9.90. The fraction of sp³-hybridized carbons (Fsp3) is 0.400. The van der Waals surface area contributed by atoms with Gasteiger partial charge in [-0.25, -0.2) is 4.98 Å². The molecule has 1 aromatic carbocycles. The van der Waals surface area contributed by atoms with Gasteiger partial charge in [0.25, 0.3) is 5.78 Å². The molecule has 0 radical (unpaired) electrons. The molecule has 3 aromatic rings. The van der Waals surface area contributed by atoms with E-state index in [2.05, 4.69) is 27.3 Å². The van der Waals surface area contributed by atoms with Crippen molar-refractivity contribution in [3.05, 3.63) is 41.9 Å². The molecule has 6 nitrogen and oxygen atoms in total. The third-order valence-corrected chi connectivity index (χ3v) is 5.31. The Kier molecular flexibility index (Phi) is 5.51. The summed E-state index contributed by atoms with van der Waals surface area (Å²) in [6.45, 7) is 9.88. The predicted octanol–water partition coefficient (Wildman–Crippen LogP) is 4.52. The summed E-state index contributed by atoms with van der Waals surface area (Å²) in [6.07, 6.45) is 3.51. The topological polar surface area (TPSA) is 72.2 Å². The average Bonchev–Trinajstić information content (AvgIpc) is 3.06. The number of fused-ring (bicyclic) bond motifs is 1. The van der Waals surface area contributed by atoms with Crippen molar-refractivity contribution in [2.45, 2.75) is 57.4 Å². The Morgan fingerprint density at radius 1 is 1.22 bits per heavy atom. The van der Waals surface area contributed by atoms with Crippen molar-refractivity contribution < 1.29 is 4.79 Å². The summed E-state index contributed by atoms with van der Waals surface area (Å²) in [5.41, 5.74) is 2.57. The number of hydrogen-bond acceptors (Lipinski definition) is 5. The molecule has 7 heteroatoms. The highest BCUT2D eigenvalue weighted by molar-refractivity contribution is 7.99. The molecule has 0 unspecified atom stereocenters. The first-order chi connectivity index (χ1) is 12.8. The Balaban J connectivity index is 1.88. The largest absolute Gasteiger partial charge is 0.326 e. The molecule has 0 fully saturated rings. The summed E-state index contributed by atoms with van der Waals surface area (Å²) in [5.74, 6) is 0.617. The lowest BCUT2D eigenvalue weighted by atomic mass is 9.95. The number of carbonyl (C=O) groups is 1. The van der Waals surface area contributed by atoms with Crippen LogP contribution in [-0.4, -0.2) is 25.5 Å². The van der Waals surface area contributed by atoms with Crippen LogP contribution in [0.3, 0.4) is 0 Å². The number of carbonyl (C=O) groups excluding carboxylic acids is 1. The van der Waals surface area contributed by atoms with E-state index in [1.807, 2.05) is 52.0 Å². The minimum absolute atomic E-state index is 0.00205. The van der Waals surface area contributed by atoms with Crippen LogP contribution in [0.4, 0.5) is 5.69 Å². The van der Waals surface area contributed by atoms with Gasteiger partial charge in [-0.15, -0.1) is 0 Å². The quantitative estimate of drug-likeness (QED) is 0.656. The van der Waals surface area contributed by atoms with Gasteiger partial charge in [-0.2, -0.15) is 14.6 Å². The van der Waals surface area contributed by atoms with Crippen LogP contribution in [0.2, 0.25) is 0 Å². The zero-order chi connectivity index (χ0) is 19.6. The molecule has 0 atom stereocenters. The van der Waals surface area contributed by atoms with Gasteiger partial charge in [-0.05, 0) is 37.6 Å². The lowest BCUT2D eigenvalue weighted by Gasteiger charge is -2.18. The van der Waals surface area contributed by atoms with Gasteiger partial charge in [0.2, 0.25) is 5.91 Å². The highest BCUT2D eigenvalue weighted by atomic mass is 32.2. The molecule has 3 rings (SSSR count). The van der Waals surface area contributed by atoms with Crippen LogP contribution in [0.5, 0.6) is 0 Å². The minimum Gasteiger partial charge on any atom is -0.326 e. The van der Waals surface area contributed by atoms with E-state index < -0.39 is 5.41 Å². The molecule has 2 aromatic heterocycles. The van der Waals surface area contributed by atoms with E-state index in [9.17, 15) is 4.79 Å². The lowest BCUT2D eigenvalue weighted by Crippen LogP contribution is -2.27. The summed E-state index contributed by atoms with van der Waals surface area (Å²) >= 11 is 1.64. The normalized spacial score (nSPS) is 11.7. The van der Waals surface area contributed by atoms with Crippen molar-refractivity contribution in [3.8, 4) is 0 Å². The van der Waals surface area contributed by atoms with Crippen LogP contribution < -0.4 is 5.32 Å². The van der Waals surface area contributed by atoms with E-state index in [-0.39, 0.29) is 5.91 Å². The van der Waals surface area contributed by atoms with Crippen molar-refractivity contribution in [1.82, 2.24) is 19.6 Å². The van der Waals surface area contributed by atoms with E-state index in [4.69, 9.17) is 0 Å². The van der Waals surface area contributed by atoms with E-state index >= 15 is 0 Å². The molecule has 2 heterocycles. The molecular formula is C20H25N5OS. The molecule has 1 amide bonds. The Morgan fingerprint density at radius 2 is 1.93 bits per heavy atom. The minimum atomic E-state index is -0.421. The van der Waals surface area contributed by atoms with Gasteiger partial charge in [0.05, 0.1) is 0 Å². The number of nitrogens with one attached hydrogen (secondary N) is 1. The number of nitrogens with zero attached hydrogens (tertiary/aromatic N) is 4. The maximum atomic E-state index is 12.1. The summed E-state index contributed by atoms with van der Waals surface area (Å²) < 4.78 is 1.80. The average molecular weight is 384 g/mol. The molecule has 1 N–H and O–H groups in total. The second-order valence-corrected chi connectivity index (χ2v) is 8.60. The monoisotopic (exact) mass is 383 g/mol. The second-order valence-electron chi connectivity index (χ2n) is 7.53. The van der Waals surface area contributed by atoms with Crippen molar-refractivity contribution in [2.24, 2.45) is 5.41 Å². The molecule has 0 bridgehead atoms. The maximum Gasteiger partial charge on any atom is 0.253 e. The maximum absolute atomic E-state index is 12.1. The van der Waals surface area contributed by atoms with Crippen molar-refractivity contribution in [2.75, 3.05) is 5.32 Å². The standard InChI is InChI=1S/C20H25N5OS/c1-6-7-16-13(2)23-19-21-12-22-25(19)17(16)27-15-10-8-14(9-11-15)24-18(26)20(3,4)5/h8-12H,6-7H2,1-5H3,(H,24,26). The van der Waals surface area contributed by atoms with Crippen molar-refractivity contribution in [3.63, 3.8) is 0 Å². The Hall–Kier alpha value is -2.41. The van der Waals surface area contributed by atoms with Crippen LogP contribution in [-0.2, 0) is 11.2 Å². The number of benzene rings is 1. The Bertz CT molecular complexity index is 957. The molecule has 0 spiro atoms. The van der Waals surface area contributed by atoms with E-state index in [0.29, 0.717) is 5.78 Å². The summed E-state index contributed by atoms with van der Waals surface area (Å²) in [7, 11) is 0. The number of rotatable bonds is 5. The van der Waals surface area contributed by atoms with Gasteiger partial charge in [-0.3, -0.25) is 4.79 Å². The van der Waals surface area contributed by atoms with Crippen LogP contribution in [0, 0.1) is 12.3 Å². The van der Waals surface area contributed by atoms with Crippen LogP contribution in [0.15, 0.2) is 40.5 Å². The zero-order valence-corrected chi connectivity index (χ0v) is 17.2. The molecule has 0 aliphatic heterocycles. The van der Waals surface area contributed by atoms with E-state index in [0.717, 1.165) is 34.1 Å². The van der Waals surface area contributed by atoms with Crippen LogP contribution >= 0.6 is 11.8 Å². The van der Waals surface area contributed by atoms with Crippen molar-refractivity contribution in [1.29, 1.82) is 0 Å². The first-order valence-electron chi connectivity index (χ1n) is 9.08. The number of aromatic nitrogens is 4. The Morgan fingerprint density at radius 3 is 2.56 bits per heavy atom. The van der Waals surface area contributed by atoms with Crippen LogP contribution in [0.1, 0.15) is 45.4 Å². The lowest BCUT2D eigenvalue weighted by molar-refractivity contribution is -0.123. The Labute approximate surface area is 163 Å². The smallest absolute Gasteiger partial charge is 0.253 e. The number of anilines is 1. The third kappa shape index (κ3) is 4.30. The van der Waals surface area contributed by atoms with Gasteiger partial charge in [0, 0.05) is 27.3 Å². The molecule has 27 heavy (non-hydrogen) atoms. The second kappa shape index (κ2) is 7.68. The predicted molar refractivity (Wildman–Crippen MR) is 108 cm³/mol. The fourth-order valence-electron chi connectivity index (χ4n) is 2.63. The molecular weight excluding hydrogens is 358 g/mol. The van der Waals surface area contributed by atoms with Crippen molar-refractivity contribution >= 4 is 29.1 Å². The SMILES string of the molecule is CCCc1c(C)nc2ncnn2c1Sc1ccc(NC(=O)C(C)(C)C)cc1. The first kappa shape index (κ1) is 19.4. The molecule has 0 saturated heterocycles. The summed E-state index contributed by atoms with van der Waals surface area (Å²) in [4.78, 5) is 22.0. The molecule has 0 aliphatic carbocycles.